The molecule has 0 bridgehead atoms. The van der Waals surface area contributed by atoms with Crippen LogP contribution in [0.25, 0.3) is 0 Å². The molecule has 0 aromatic heterocycles. The highest BCUT2D eigenvalue weighted by Gasteiger charge is 2.26. The molecule has 1 aromatic rings. The van der Waals surface area contributed by atoms with Gasteiger partial charge in [-0.25, -0.2) is 0 Å². The Morgan fingerprint density at radius 3 is 2.24 bits per heavy atom. The van der Waals surface area contributed by atoms with E-state index in [1.54, 1.807) is 0 Å². The lowest BCUT2D eigenvalue weighted by atomic mass is 10.1. The van der Waals surface area contributed by atoms with Gasteiger partial charge in [-0.2, -0.15) is 0 Å². The Balaban J connectivity index is 2.03. The van der Waals surface area contributed by atoms with Crippen LogP contribution >= 0.6 is 0 Å². The van der Waals surface area contributed by atoms with Gasteiger partial charge in [-0.05, 0) is 37.5 Å². The summed E-state index contributed by atoms with van der Waals surface area (Å²) in [5.74, 6) is 0.563. The maximum Gasteiger partial charge on any atom is 0.229 e. The summed E-state index contributed by atoms with van der Waals surface area (Å²) in [4.78, 5) is 25.2. The minimum Gasteiger partial charge on any atom is -0.494 e. The molecule has 1 aromatic carbocycles. The molecule has 2 N–H and O–H groups in total. The van der Waals surface area contributed by atoms with E-state index in [0.717, 1.165) is 24.2 Å². The maximum atomic E-state index is 12.0. The molecule has 1 aliphatic rings. The first-order valence-corrected chi connectivity index (χ1v) is 7.43. The highest BCUT2D eigenvalue weighted by molar-refractivity contribution is 5.96. The van der Waals surface area contributed by atoms with Gasteiger partial charge in [0.15, 0.2) is 0 Å². The van der Waals surface area contributed by atoms with Crippen LogP contribution in [0.2, 0.25) is 0 Å². The normalized spacial score (nSPS) is 17.5. The van der Waals surface area contributed by atoms with E-state index >= 15 is 0 Å². The highest BCUT2D eigenvalue weighted by Crippen LogP contribution is 2.20. The molecule has 0 aliphatic carbocycles. The van der Waals surface area contributed by atoms with Gasteiger partial charge in [-0.15, -0.1) is 0 Å². The summed E-state index contributed by atoms with van der Waals surface area (Å²) in [7, 11) is 0. The Kier molecular flexibility index (Phi) is 5.33. The Morgan fingerprint density at radius 1 is 1.14 bits per heavy atom. The van der Waals surface area contributed by atoms with Gasteiger partial charge in [-0.3, -0.25) is 14.5 Å². The van der Waals surface area contributed by atoms with E-state index in [1.165, 1.54) is 4.90 Å². The summed E-state index contributed by atoms with van der Waals surface area (Å²) in [6.07, 6.45) is 2.42. The van der Waals surface area contributed by atoms with Crippen molar-refractivity contribution in [2.75, 3.05) is 13.2 Å². The molecule has 1 heterocycles. The number of hydrogen-bond donors (Lipinski definition) is 1. The molecule has 5 nitrogen and oxygen atoms in total. The van der Waals surface area contributed by atoms with Crippen LogP contribution < -0.4 is 10.5 Å². The highest BCUT2D eigenvalue weighted by atomic mass is 16.5. The largest absolute Gasteiger partial charge is 0.494 e. The number of nitrogens with zero attached hydrogens (tertiary/aromatic N) is 1. The van der Waals surface area contributed by atoms with Crippen molar-refractivity contribution in [3.05, 3.63) is 29.8 Å². The van der Waals surface area contributed by atoms with Crippen LogP contribution in [0.3, 0.4) is 0 Å². The molecule has 5 heteroatoms. The number of imide groups is 1. The second-order valence-electron chi connectivity index (χ2n) is 5.21. The van der Waals surface area contributed by atoms with E-state index in [0.29, 0.717) is 19.4 Å². The van der Waals surface area contributed by atoms with Gasteiger partial charge < -0.3 is 10.5 Å². The second-order valence-corrected chi connectivity index (χ2v) is 5.21. The minimum absolute atomic E-state index is 0.112. The first-order chi connectivity index (χ1) is 10.1. The maximum absolute atomic E-state index is 12.0. The third-order valence-electron chi connectivity index (χ3n) is 3.63. The zero-order valence-electron chi connectivity index (χ0n) is 12.4. The standard InChI is InChI=1S/C16H22N2O3/c1-2-21-13-9-7-12(8-10-13)14(17)11-18-15(19)5-3-4-6-16(18)20/h7-10,14H,2-6,11,17H2,1H3. The number of rotatable bonds is 5. The predicted octanol–water partition coefficient (Wildman–Crippen LogP) is 2.01. The van der Waals surface area contributed by atoms with Crippen molar-refractivity contribution in [1.82, 2.24) is 4.90 Å². The molecule has 1 saturated heterocycles. The van der Waals surface area contributed by atoms with Crippen LogP contribution in [0.5, 0.6) is 5.75 Å². The smallest absolute Gasteiger partial charge is 0.229 e. The molecule has 1 aliphatic heterocycles. The Morgan fingerprint density at radius 2 is 1.71 bits per heavy atom. The van der Waals surface area contributed by atoms with Crippen LogP contribution in [0, 0.1) is 0 Å². The van der Waals surface area contributed by atoms with Gasteiger partial charge in [0.05, 0.1) is 6.61 Å². The molecule has 0 saturated carbocycles. The lowest BCUT2D eigenvalue weighted by Crippen LogP contribution is -2.40. The molecule has 2 amide bonds. The SMILES string of the molecule is CCOc1ccc(C(N)CN2C(=O)CCCCC2=O)cc1. The molecule has 21 heavy (non-hydrogen) atoms. The second kappa shape index (κ2) is 7.22. The van der Waals surface area contributed by atoms with Gasteiger partial charge in [0.1, 0.15) is 5.75 Å². The van der Waals surface area contributed by atoms with Crippen molar-refractivity contribution in [2.24, 2.45) is 5.73 Å². The van der Waals surface area contributed by atoms with Gasteiger partial charge in [-0.1, -0.05) is 12.1 Å². The van der Waals surface area contributed by atoms with Crippen molar-refractivity contribution in [1.29, 1.82) is 0 Å². The molecule has 0 radical (unpaired) electrons. The number of ether oxygens (including phenoxy) is 1. The fourth-order valence-corrected chi connectivity index (χ4v) is 2.45. The number of hydrogen-bond acceptors (Lipinski definition) is 4. The molecule has 2 rings (SSSR count). The molecule has 114 valence electrons. The average Bonchev–Trinajstić information content (AvgIpc) is 2.63. The topological polar surface area (TPSA) is 72.6 Å². The summed E-state index contributed by atoms with van der Waals surface area (Å²) in [6.45, 7) is 2.78. The fourth-order valence-electron chi connectivity index (χ4n) is 2.45. The van der Waals surface area contributed by atoms with Crippen molar-refractivity contribution in [2.45, 2.75) is 38.6 Å². The summed E-state index contributed by atoms with van der Waals surface area (Å²) in [5.41, 5.74) is 7.03. The number of nitrogens with two attached hydrogens (primary N) is 1. The molecular formula is C16H22N2O3. The lowest BCUT2D eigenvalue weighted by molar-refractivity contribution is -0.144. The number of benzene rings is 1. The van der Waals surface area contributed by atoms with E-state index in [1.807, 2.05) is 31.2 Å². The average molecular weight is 290 g/mol. The molecule has 1 fully saturated rings. The van der Waals surface area contributed by atoms with Gasteiger partial charge in [0, 0.05) is 25.4 Å². The summed E-state index contributed by atoms with van der Waals surface area (Å²) >= 11 is 0. The number of carbonyl (C=O) groups is 2. The number of amides is 2. The summed E-state index contributed by atoms with van der Waals surface area (Å²) < 4.78 is 5.38. The van der Waals surface area contributed by atoms with E-state index in [9.17, 15) is 9.59 Å². The quantitative estimate of drug-likeness (QED) is 0.842. The first kappa shape index (κ1) is 15.5. The monoisotopic (exact) mass is 290 g/mol. The van der Waals surface area contributed by atoms with Crippen molar-refractivity contribution < 1.29 is 14.3 Å². The third kappa shape index (κ3) is 4.04. The van der Waals surface area contributed by atoms with Crippen LogP contribution in [-0.2, 0) is 9.59 Å². The Labute approximate surface area is 125 Å². The van der Waals surface area contributed by atoms with Crippen molar-refractivity contribution >= 4 is 11.8 Å². The fraction of sp³-hybridized carbons (Fsp3) is 0.500. The molecule has 1 unspecified atom stereocenters. The van der Waals surface area contributed by atoms with E-state index in [2.05, 4.69) is 0 Å². The van der Waals surface area contributed by atoms with Crippen LogP contribution in [0.1, 0.15) is 44.2 Å². The van der Waals surface area contributed by atoms with Gasteiger partial charge in [0.2, 0.25) is 11.8 Å². The molecule has 0 spiro atoms. The van der Waals surface area contributed by atoms with Gasteiger partial charge in [0.25, 0.3) is 0 Å². The summed E-state index contributed by atoms with van der Waals surface area (Å²) in [6, 6.07) is 7.09. The van der Waals surface area contributed by atoms with Crippen molar-refractivity contribution in [3.63, 3.8) is 0 Å². The number of likely N-dealkylation sites (tertiary alicyclic amines) is 1. The van der Waals surface area contributed by atoms with E-state index in [-0.39, 0.29) is 24.4 Å². The van der Waals surface area contributed by atoms with Crippen LogP contribution in [0.4, 0.5) is 0 Å². The summed E-state index contributed by atoms with van der Waals surface area (Å²) in [5, 5.41) is 0. The molecular weight excluding hydrogens is 268 g/mol. The first-order valence-electron chi connectivity index (χ1n) is 7.43. The van der Waals surface area contributed by atoms with E-state index < -0.39 is 0 Å². The zero-order chi connectivity index (χ0) is 15.2. The predicted molar refractivity (Wildman–Crippen MR) is 79.7 cm³/mol. The van der Waals surface area contributed by atoms with Gasteiger partial charge >= 0.3 is 0 Å². The van der Waals surface area contributed by atoms with Crippen LogP contribution in [-0.4, -0.2) is 29.9 Å². The molecule has 1 atom stereocenters. The van der Waals surface area contributed by atoms with Crippen molar-refractivity contribution in [3.8, 4) is 5.75 Å². The lowest BCUT2D eigenvalue weighted by Gasteiger charge is -2.23. The van der Waals surface area contributed by atoms with Crippen LogP contribution in [0.15, 0.2) is 24.3 Å². The minimum atomic E-state index is -0.369. The number of carbonyl (C=O) groups excluding carboxylic acids is 2. The zero-order valence-corrected chi connectivity index (χ0v) is 12.4. The Bertz CT molecular complexity index is 481. The third-order valence-corrected chi connectivity index (χ3v) is 3.63. The Hall–Kier alpha value is -1.88. The van der Waals surface area contributed by atoms with E-state index in [4.69, 9.17) is 10.5 Å².